The fourth-order valence-corrected chi connectivity index (χ4v) is 3.69. The number of nitrogens with two attached hydrogens (primary N) is 1. The largest absolute Gasteiger partial charge is 0.399 e. The van der Waals surface area contributed by atoms with Gasteiger partial charge in [0.25, 0.3) is 0 Å². The number of benzene rings is 4. The Kier molecular flexibility index (Phi) is 5.03. The molecule has 4 heteroatoms. The van der Waals surface area contributed by atoms with Crippen molar-refractivity contribution in [3.05, 3.63) is 126 Å². The molecule has 0 spiro atoms. The van der Waals surface area contributed by atoms with Crippen LogP contribution in [-0.4, -0.2) is 11.7 Å². The molecule has 1 heterocycles. The van der Waals surface area contributed by atoms with Gasteiger partial charge in [-0.15, -0.1) is 0 Å². The zero-order valence-electron chi connectivity index (χ0n) is 16.9. The summed E-state index contributed by atoms with van der Waals surface area (Å²) < 4.78 is 0. The molecule has 1 aliphatic heterocycles. The van der Waals surface area contributed by atoms with Crippen molar-refractivity contribution in [2.45, 2.75) is 6.17 Å². The monoisotopic (exact) mass is 402 g/mol. The Hall–Kier alpha value is -4.18. The average Bonchev–Trinajstić information content (AvgIpc) is 2.85. The maximum absolute atomic E-state index is 5.99. The summed E-state index contributed by atoms with van der Waals surface area (Å²) in [6, 6.07) is 36.6. The summed E-state index contributed by atoms with van der Waals surface area (Å²) in [6.07, 6.45) is -0.246. The minimum atomic E-state index is -0.246. The van der Waals surface area contributed by atoms with E-state index in [4.69, 9.17) is 15.7 Å². The van der Waals surface area contributed by atoms with Crippen LogP contribution in [0.15, 0.2) is 119 Å². The zero-order valence-corrected chi connectivity index (χ0v) is 16.9. The van der Waals surface area contributed by atoms with Crippen LogP contribution in [0.2, 0.25) is 0 Å². The van der Waals surface area contributed by atoms with E-state index in [1.807, 2.05) is 66.7 Å². The standard InChI is InChI=1S/C27H22N4/c28-24-16-8-14-22(18-24)21-13-7-15-23(17-21)27-30-25(19-9-3-1-4-10-19)29-26(31-27)20-11-5-2-6-12-20/h1-18,27H,28H2,(H,29,30,31). The van der Waals surface area contributed by atoms with Crippen molar-refractivity contribution < 1.29 is 0 Å². The lowest BCUT2D eigenvalue weighted by Crippen LogP contribution is -2.33. The first-order valence-electron chi connectivity index (χ1n) is 10.3. The molecule has 0 saturated heterocycles. The van der Waals surface area contributed by atoms with Gasteiger partial charge in [0.2, 0.25) is 0 Å². The number of hydrogen-bond donors (Lipinski definition) is 2. The molecule has 0 aliphatic carbocycles. The number of hydrogen-bond acceptors (Lipinski definition) is 4. The minimum Gasteiger partial charge on any atom is -0.399 e. The minimum absolute atomic E-state index is 0.246. The lowest BCUT2D eigenvalue weighted by molar-refractivity contribution is 0.674. The van der Waals surface area contributed by atoms with E-state index >= 15 is 0 Å². The Morgan fingerprint density at radius 1 is 0.613 bits per heavy atom. The summed E-state index contributed by atoms with van der Waals surface area (Å²) >= 11 is 0. The summed E-state index contributed by atoms with van der Waals surface area (Å²) in [5.74, 6) is 1.53. The number of nitrogens with one attached hydrogen (secondary N) is 1. The van der Waals surface area contributed by atoms with Crippen molar-refractivity contribution in [1.29, 1.82) is 0 Å². The summed E-state index contributed by atoms with van der Waals surface area (Å²) in [5.41, 5.74) is 12.0. The van der Waals surface area contributed by atoms with Crippen LogP contribution in [-0.2, 0) is 0 Å². The van der Waals surface area contributed by atoms with Gasteiger partial charge in [-0.25, -0.2) is 9.98 Å². The Bertz CT molecular complexity index is 1260. The highest BCUT2D eigenvalue weighted by molar-refractivity contribution is 6.13. The molecule has 150 valence electrons. The molecule has 4 aromatic rings. The van der Waals surface area contributed by atoms with Gasteiger partial charge in [-0.3, -0.25) is 0 Å². The molecule has 0 amide bonds. The second kappa shape index (κ2) is 8.28. The molecular weight excluding hydrogens is 380 g/mol. The van der Waals surface area contributed by atoms with Crippen LogP contribution in [0.4, 0.5) is 5.69 Å². The van der Waals surface area contributed by atoms with E-state index in [0.29, 0.717) is 0 Å². The lowest BCUT2D eigenvalue weighted by atomic mass is 10.0. The molecule has 0 fully saturated rings. The normalized spacial score (nSPS) is 15.5. The Morgan fingerprint density at radius 3 is 1.94 bits per heavy atom. The molecular formula is C27H22N4. The third-order valence-corrected chi connectivity index (χ3v) is 5.24. The van der Waals surface area contributed by atoms with Crippen LogP contribution in [0.25, 0.3) is 11.1 Å². The van der Waals surface area contributed by atoms with Gasteiger partial charge < -0.3 is 11.1 Å². The molecule has 0 radical (unpaired) electrons. The fraction of sp³-hybridized carbons (Fsp3) is 0.0370. The van der Waals surface area contributed by atoms with Crippen LogP contribution in [0.5, 0.6) is 0 Å². The van der Waals surface area contributed by atoms with E-state index in [9.17, 15) is 0 Å². The van der Waals surface area contributed by atoms with Crippen LogP contribution in [0, 0.1) is 0 Å². The third kappa shape index (κ3) is 4.09. The fourth-order valence-electron chi connectivity index (χ4n) is 3.69. The van der Waals surface area contributed by atoms with Gasteiger partial charge >= 0.3 is 0 Å². The maximum atomic E-state index is 5.99. The molecule has 0 saturated carbocycles. The van der Waals surface area contributed by atoms with Gasteiger partial charge in [0.1, 0.15) is 12.0 Å². The SMILES string of the molecule is Nc1cccc(-c2cccc(C3N=C(c4ccccc4)N=C(c4ccccc4)N3)c2)c1. The second-order valence-corrected chi connectivity index (χ2v) is 7.44. The summed E-state index contributed by atoms with van der Waals surface area (Å²) in [7, 11) is 0. The molecule has 4 nitrogen and oxygen atoms in total. The van der Waals surface area contributed by atoms with E-state index < -0.39 is 0 Å². The molecule has 3 N–H and O–H groups in total. The topological polar surface area (TPSA) is 62.8 Å². The Balaban J connectivity index is 1.56. The molecule has 0 aromatic heterocycles. The highest BCUT2D eigenvalue weighted by Crippen LogP contribution is 2.27. The van der Waals surface area contributed by atoms with Gasteiger partial charge in [-0.1, -0.05) is 91.0 Å². The van der Waals surface area contributed by atoms with E-state index in [2.05, 4.69) is 47.8 Å². The highest BCUT2D eigenvalue weighted by atomic mass is 15.2. The van der Waals surface area contributed by atoms with E-state index in [0.717, 1.165) is 45.2 Å². The lowest BCUT2D eigenvalue weighted by Gasteiger charge is -2.24. The average molecular weight is 403 g/mol. The number of aliphatic imine (C=N–C) groups is 2. The van der Waals surface area contributed by atoms with E-state index in [1.165, 1.54) is 0 Å². The first-order valence-corrected chi connectivity index (χ1v) is 10.3. The Labute approximate surface area is 181 Å². The molecule has 4 aromatic carbocycles. The van der Waals surface area contributed by atoms with E-state index in [-0.39, 0.29) is 6.17 Å². The van der Waals surface area contributed by atoms with Gasteiger partial charge in [-0.05, 0) is 34.9 Å². The predicted octanol–water partition coefficient (Wildman–Crippen LogP) is 5.43. The van der Waals surface area contributed by atoms with Crippen LogP contribution >= 0.6 is 0 Å². The summed E-state index contributed by atoms with van der Waals surface area (Å²) in [5, 5.41) is 3.51. The van der Waals surface area contributed by atoms with Crippen molar-refractivity contribution >= 4 is 17.4 Å². The number of rotatable bonds is 4. The van der Waals surface area contributed by atoms with Crippen LogP contribution < -0.4 is 11.1 Å². The van der Waals surface area contributed by atoms with Crippen molar-refractivity contribution in [3.63, 3.8) is 0 Å². The first-order chi connectivity index (χ1) is 15.3. The van der Waals surface area contributed by atoms with Crippen molar-refractivity contribution in [2.24, 2.45) is 9.98 Å². The Morgan fingerprint density at radius 2 is 1.23 bits per heavy atom. The highest BCUT2D eigenvalue weighted by Gasteiger charge is 2.21. The van der Waals surface area contributed by atoms with Gasteiger partial charge in [0, 0.05) is 16.8 Å². The molecule has 1 aliphatic rings. The molecule has 1 unspecified atom stereocenters. The molecule has 0 bridgehead atoms. The number of nitrogens with zero attached hydrogens (tertiary/aromatic N) is 2. The zero-order chi connectivity index (χ0) is 21.0. The van der Waals surface area contributed by atoms with Crippen molar-refractivity contribution in [1.82, 2.24) is 5.32 Å². The number of nitrogen functional groups attached to an aromatic ring is 1. The van der Waals surface area contributed by atoms with Crippen molar-refractivity contribution in [2.75, 3.05) is 5.73 Å². The predicted molar refractivity (Wildman–Crippen MR) is 128 cm³/mol. The van der Waals surface area contributed by atoms with Gasteiger partial charge in [-0.2, -0.15) is 0 Å². The third-order valence-electron chi connectivity index (χ3n) is 5.24. The smallest absolute Gasteiger partial charge is 0.159 e. The summed E-state index contributed by atoms with van der Waals surface area (Å²) in [6.45, 7) is 0. The number of anilines is 1. The summed E-state index contributed by atoms with van der Waals surface area (Å²) in [4.78, 5) is 9.77. The van der Waals surface area contributed by atoms with Crippen molar-refractivity contribution in [3.8, 4) is 11.1 Å². The quantitative estimate of drug-likeness (QED) is 0.447. The first kappa shape index (κ1) is 18.8. The second-order valence-electron chi connectivity index (χ2n) is 7.44. The molecule has 1 atom stereocenters. The molecule has 31 heavy (non-hydrogen) atoms. The van der Waals surface area contributed by atoms with E-state index in [1.54, 1.807) is 0 Å². The van der Waals surface area contributed by atoms with Crippen LogP contribution in [0.3, 0.4) is 0 Å². The number of amidine groups is 2. The van der Waals surface area contributed by atoms with Gasteiger partial charge in [0.15, 0.2) is 5.84 Å². The molecule has 5 rings (SSSR count). The van der Waals surface area contributed by atoms with Gasteiger partial charge in [0.05, 0.1) is 0 Å². The maximum Gasteiger partial charge on any atom is 0.159 e. The van der Waals surface area contributed by atoms with Crippen LogP contribution in [0.1, 0.15) is 22.9 Å².